The van der Waals surface area contributed by atoms with Crippen molar-refractivity contribution in [2.75, 3.05) is 0 Å². The van der Waals surface area contributed by atoms with E-state index < -0.39 is 17.4 Å². The summed E-state index contributed by atoms with van der Waals surface area (Å²) in [7, 11) is 0. The summed E-state index contributed by atoms with van der Waals surface area (Å²) in [6.45, 7) is 3.35. The van der Waals surface area contributed by atoms with E-state index in [4.69, 9.17) is 0 Å². The molecule has 2 N–H and O–H groups in total. The number of rotatable bonds is 2. The fourth-order valence-corrected chi connectivity index (χ4v) is 2.50. The lowest BCUT2D eigenvalue weighted by Gasteiger charge is -2.13. The zero-order valence-electron chi connectivity index (χ0n) is 12.2. The molecule has 0 radical (unpaired) electrons. The highest BCUT2D eigenvalue weighted by Gasteiger charge is 2.15. The number of hydrogen-bond acceptors (Lipinski definition) is 4. The zero-order valence-corrected chi connectivity index (χ0v) is 12.2. The topological polar surface area (TPSA) is 88.0 Å². The minimum Gasteiger partial charge on any atom is -0.389 e. The van der Waals surface area contributed by atoms with E-state index in [0.717, 1.165) is 0 Å². The Bertz CT molecular complexity index is 956. The molecule has 0 aliphatic rings. The fraction of sp³-hybridized carbons (Fsp3) is 0.188. The van der Waals surface area contributed by atoms with Crippen LogP contribution in [0, 0.1) is 6.92 Å². The summed E-state index contributed by atoms with van der Waals surface area (Å²) in [4.78, 5) is 31.0. The molecule has 3 rings (SSSR count). The van der Waals surface area contributed by atoms with Gasteiger partial charge >= 0.3 is 5.69 Å². The number of aromatic amines is 1. The third kappa shape index (κ3) is 2.23. The first kappa shape index (κ1) is 14.2. The van der Waals surface area contributed by atoms with Gasteiger partial charge in [0.05, 0.1) is 17.2 Å². The maximum Gasteiger partial charge on any atom is 0.334 e. The highest BCUT2D eigenvalue weighted by Crippen LogP contribution is 2.20. The van der Waals surface area contributed by atoms with Crippen LogP contribution in [0.3, 0.4) is 0 Å². The van der Waals surface area contributed by atoms with Crippen molar-refractivity contribution in [2.24, 2.45) is 0 Å². The molecule has 0 amide bonds. The summed E-state index contributed by atoms with van der Waals surface area (Å²) in [6.07, 6.45) is -0.742. The number of nitrogens with one attached hydrogen (secondary N) is 1. The van der Waals surface area contributed by atoms with E-state index in [0.29, 0.717) is 16.9 Å². The number of aromatic nitrogens is 3. The van der Waals surface area contributed by atoms with Crippen molar-refractivity contribution in [1.29, 1.82) is 0 Å². The Labute approximate surface area is 125 Å². The van der Waals surface area contributed by atoms with E-state index in [1.807, 2.05) is 6.07 Å². The second-order valence-corrected chi connectivity index (χ2v) is 5.14. The van der Waals surface area contributed by atoms with Gasteiger partial charge in [-0.25, -0.2) is 14.3 Å². The van der Waals surface area contributed by atoms with E-state index in [9.17, 15) is 14.7 Å². The molecule has 22 heavy (non-hydrogen) atoms. The maximum absolute atomic E-state index is 12.2. The quantitative estimate of drug-likeness (QED) is 0.749. The number of aliphatic hydroxyl groups excluding tert-OH is 1. The van der Waals surface area contributed by atoms with Gasteiger partial charge < -0.3 is 5.11 Å². The number of fused-ring (bicyclic) bond motifs is 1. The molecule has 6 heteroatoms. The molecule has 1 unspecified atom stereocenters. The Hall–Kier alpha value is -2.73. The van der Waals surface area contributed by atoms with Gasteiger partial charge in [-0.3, -0.25) is 9.78 Å². The average Bonchev–Trinajstić information content (AvgIpc) is 2.47. The summed E-state index contributed by atoms with van der Waals surface area (Å²) < 4.78 is 1.36. The van der Waals surface area contributed by atoms with Crippen molar-refractivity contribution in [2.45, 2.75) is 20.0 Å². The van der Waals surface area contributed by atoms with Gasteiger partial charge in [-0.05, 0) is 32.0 Å². The highest BCUT2D eigenvalue weighted by molar-refractivity contribution is 5.76. The number of nitrogens with zero attached hydrogens (tertiary/aromatic N) is 2. The molecular formula is C16H15N3O3. The van der Waals surface area contributed by atoms with E-state index >= 15 is 0 Å². The fourth-order valence-electron chi connectivity index (χ4n) is 2.50. The molecule has 0 aliphatic carbocycles. The summed E-state index contributed by atoms with van der Waals surface area (Å²) in [5, 5.41) is 10.0. The lowest BCUT2D eigenvalue weighted by atomic mass is 10.1. The van der Waals surface area contributed by atoms with Gasteiger partial charge in [0.1, 0.15) is 0 Å². The maximum atomic E-state index is 12.2. The van der Waals surface area contributed by atoms with Crippen molar-refractivity contribution in [1.82, 2.24) is 14.5 Å². The van der Waals surface area contributed by atoms with Crippen LogP contribution in [0.2, 0.25) is 0 Å². The summed E-state index contributed by atoms with van der Waals surface area (Å²) in [5.74, 6) is 0. The van der Waals surface area contributed by atoms with Gasteiger partial charge in [-0.1, -0.05) is 18.2 Å². The van der Waals surface area contributed by atoms with Crippen molar-refractivity contribution in [3.8, 4) is 5.69 Å². The van der Waals surface area contributed by atoms with Crippen LogP contribution < -0.4 is 11.2 Å². The molecule has 1 aromatic carbocycles. The summed E-state index contributed by atoms with van der Waals surface area (Å²) in [6, 6.07) is 10.6. The largest absolute Gasteiger partial charge is 0.389 e. The van der Waals surface area contributed by atoms with Crippen LogP contribution in [0.25, 0.3) is 16.7 Å². The van der Waals surface area contributed by atoms with Crippen molar-refractivity contribution in [3.05, 3.63) is 68.5 Å². The van der Waals surface area contributed by atoms with Crippen LogP contribution in [-0.4, -0.2) is 19.6 Å². The Morgan fingerprint density at radius 1 is 1.23 bits per heavy atom. The molecule has 0 saturated heterocycles. The first-order chi connectivity index (χ1) is 10.5. The van der Waals surface area contributed by atoms with Crippen molar-refractivity contribution >= 4 is 11.0 Å². The predicted molar refractivity (Wildman–Crippen MR) is 83.3 cm³/mol. The Morgan fingerprint density at radius 3 is 2.55 bits per heavy atom. The molecular weight excluding hydrogens is 282 g/mol. The van der Waals surface area contributed by atoms with Crippen LogP contribution in [0.15, 0.2) is 46.0 Å². The smallest absolute Gasteiger partial charge is 0.334 e. The molecule has 0 saturated carbocycles. The van der Waals surface area contributed by atoms with Crippen LogP contribution in [0.5, 0.6) is 0 Å². The molecule has 0 aliphatic heterocycles. The van der Waals surface area contributed by atoms with Crippen LogP contribution in [0.1, 0.15) is 24.3 Å². The van der Waals surface area contributed by atoms with Gasteiger partial charge in [0.15, 0.2) is 5.65 Å². The highest BCUT2D eigenvalue weighted by atomic mass is 16.3. The van der Waals surface area contributed by atoms with Gasteiger partial charge in [0, 0.05) is 11.3 Å². The molecule has 0 bridgehead atoms. The standard InChI is InChI=1S/C16H15N3O3/c1-9-12(10(2)20)8-13-14(17-9)19(16(22)18-15(13)21)11-6-4-3-5-7-11/h3-8,10,20H,1-2H3,(H,18,21,22). The van der Waals surface area contributed by atoms with E-state index in [-0.39, 0.29) is 11.0 Å². The van der Waals surface area contributed by atoms with E-state index in [1.54, 1.807) is 44.2 Å². The molecule has 2 heterocycles. The number of para-hydroxylation sites is 1. The van der Waals surface area contributed by atoms with Gasteiger partial charge in [-0.15, -0.1) is 0 Å². The lowest BCUT2D eigenvalue weighted by Crippen LogP contribution is -2.30. The third-order valence-corrected chi connectivity index (χ3v) is 3.58. The van der Waals surface area contributed by atoms with Crippen molar-refractivity contribution < 1.29 is 5.11 Å². The molecule has 112 valence electrons. The van der Waals surface area contributed by atoms with E-state index in [2.05, 4.69) is 9.97 Å². The molecule has 3 aromatic rings. The number of aliphatic hydroxyl groups is 1. The van der Waals surface area contributed by atoms with E-state index in [1.165, 1.54) is 4.57 Å². The molecule has 0 spiro atoms. The lowest BCUT2D eigenvalue weighted by molar-refractivity contribution is 0.198. The number of benzene rings is 1. The monoisotopic (exact) mass is 297 g/mol. The number of pyridine rings is 1. The minimum absolute atomic E-state index is 0.268. The zero-order chi connectivity index (χ0) is 15.9. The van der Waals surface area contributed by atoms with Gasteiger partial charge in [-0.2, -0.15) is 0 Å². The number of aryl methyl sites for hydroxylation is 1. The van der Waals surface area contributed by atoms with Crippen LogP contribution in [0.4, 0.5) is 0 Å². The van der Waals surface area contributed by atoms with Crippen LogP contribution >= 0.6 is 0 Å². The number of H-pyrrole nitrogens is 1. The second kappa shape index (κ2) is 5.23. The minimum atomic E-state index is -0.742. The average molecular weight is 297 g/mol. The van der Waals surface area contributed by atoms with Gasteiger partial charge in [0.2, 0.25) is 0 Å². The Morgan fingerprint density at radius 2 is 1.91 bits per heavy atom. The normalized spacial score (nSPS) is 12.5. The first-order valence-electron chi connectivity index (χ1n) is 6.89. The molecule has 1 atom stereocenters. The molecule has 2 aromatic heterocycles. The Balaban J connectivity index is 2.46. The second-order valence-electron chi connectivity index (χ2n) is 5.14. The summed E-state index contributed by atoms with van der Waals surface area (Å²) >= 11 is 0. The molecule has 0 fully saturated rings. The third-order valence-electron chi connectivity index (χ3n) is 3.58. The summed E-state index contributed by atoms with van der Waals surface area (Å²) in [5.41, 5.74) is 0.989. The van der Waals surface area contributed by atoms with Crippen molar-refractivity contribution in [3.63, 3.8) is 0 Å². The van der Waals surface area contributed by atoms with Crippen LogP contribution in [-0.2, 0) is 0 Å². The van der Waals surface area contributed by atoms with Gasteiger partial charge in [0.25, 0.3) is 5.56 Å². The molecule has 6 nitrogen and oxygen atoms in total. The first-order valence-corrected chi connectivity index (χ1v) is 6.89. The number of hydrogen-bond donors (Lipinski definition) is 2. The predicted octanol–water partition coefficient (Wildman–Crippen LogP) is 1.44. The SMILES string of the molecule is Cc1nc2c(cc1C(C)O)c(=O)[nH]c(=O)n2-c1ccccc1. The Kier molecular flexibility index (Phi) is 3.38.